The molecule has 0 spiro atoms. The zero-order valence-electron chi connectivity index (χ0n) is 12.0. The zero-order chi connectivity index (χ0) is 13.0. The van der Waals surface area contributed by atoms with Crippen molar-refractivity contribution in [2.45, 2.75) is 60.0 Å². The van der Waals surface area contributed by atoms with Crippen molar-refractivity contribution < 1.29 is 9.53 Å². The highest BCUT2D eigenvalue weighted by Gasteiger charge is 2.31. The number of hydrogen-bond acceptors (Lipinski definition) is 2. The van der Waals surface area contributed by atoms with E-state index >= 15 is 0 Å². The van der Waals surface area contributed by atoms with Gasteiger partial charge in [-0.3, -0.25) is 4.79 Å². The largest absolute Gasteiger partial charge is 0.370 e. The number of carbonyl (C=O) groups excluding carboxylic acids is 1. The van der Waals surface area contributed by atoms with Gasteiger partial charge in [0.15, 0.2) is 5.78 Å². The van der Waals surface area contributed by atoms with E-state index in [1.54, 1.807) is 0 Å². The summed E-state index contributed by atoms with van der Waals surface area (Å²) in [6, 6.07) is 0. The first-order valence-electron chi connectivity index (χ1n) is 7.06. The van der Waals surface area contributed by atoms with E-state index in [1.807, 2.05) is 13.8 Å². The lowest BCUT2D eigenvalue weighted by Gasteiger charge is -2.37. The van der Waals surface area contributed by atoms with Crippen molar-refractivity contribution in [3.63, 3.8) is 0 Å². The summed E-state index contributed by atoms with van der Waals surface area (Å²) < 4.78 is 5.90. The molecule has 0 radical (unpaired) electrons. The number of carbonyl (C=O) groups is 1. The second-order valence-electron chi connectivity index (χ2n) is 6.30. The van der Waals surface area contributed by atoms with Crippen LogP contribution < -0.4 is 0 Å². The van der Waals surface area contributed by atoms with Gasteiger partial charge in [-0.1, -0.05) is 41.0 Å². The molecule has 2 nitrogen and oxygen atoms in total. The normalized spacial score (nSPS) is 29.9. The summed E-state index contributed by atoms with van der Waals surface area (Å²) in [5.41, 5.74) is 0. The van der Waals surface area contributed by atoms with Crippen LogP contribution in [0.5, 0.6) is 0 Å². The molecule has 0 aromatic carbocycles. The van der Waals surface area contributed by atoms with E-state index in [2.05, 4.69) is 20.8 Å². The van der Waals surface area contributed by atoms with Crippen molar-refractivity contribution in [2.24, 2.45) is 23.7 Å². The van der Waals surface area contributed by atoms with E-state index in [-0.39, 0.29) is 11.7 Å². The molecule has 100 valence electrons. The fourth-order valence-corrected chi connectivity index (χ4v) is 2.66. The molecule has 0 N–H and O–H groups in total. The molecule has 1 aliphatic rings. The SMILES string of the molecule is CC(C)C(=O)CO[C@@H]1C[C@@H](C)CC[C@@H]1C(C)C. The molecule has 1 aliphatic carbocycles. The Labute approximate surface area is 106 Å². The van der Waals surface area contributed by atoms with E-state index in [0.717, 1.165) is 12.3 Å². The molecule has 17 heavy (non-hydrogen) atoms. The van der Waals surface area contributed by atoms with Gasteiger partial charge in [-0.25, -0.2) is 0 Å². The van der Waals surface area contributed by atoms with Crippen LogP contribution in [-0.2, 0) is 9.53 Å². The lowest BCUT2D eigenvalue weighted by atomic mass is 9.75. The molecule has 1 fully saturated rings. The third-order valence-electron chi connectivity index (χ3n) is 4.04. The molecule has 3 atom stereocenters. The van der Waals surface area contributed by atoms with Gasteiger partial charge in [0, 0.05) is 5.92 Å². The highest BCUT2D eigenvalue weighted by atomic mass is 16.5. The summed E-state index contributed by atoms with van der Waals surface area (Å²) in [5, 5.41) is 0. The first-order chi connectivity index (χ1) is 7.91. The van der Waals surface area contributed by atoms with E-state index in [9.17, 15) is 4.79 Å². The molecular weight excluding hydrogens is 212 g/mol. The Kier molecular flexibility index (Phi) is 5.64. The lowest BCUT2D eigenvalue weighted by molar-refractivity contribution is -0.132. The summed E-state index contributed by atoms with van der Waals surface area (Å²) in [5.74, 6) is 2.34. The third kappa shape index (κ3) is 4.42. The van der Waals surface area contributed by atoms with Crippen LogP contribution in [0.2, 0.25) is 0 Å². The van der Waals surface area contributed by atoms with Crippen molar-refractivity contribution in [1.82, 2.24) is 0 Å². The van der Waals surface area contributed by atoms with Crippen molar-refractivity contribution >= 4 is 5.78 Å². The molecule has 0 unspecified atom stereocenters. The predicted molar refractivity (Wildman–Crippen MR) is 70.9 cm³/mol. The van der Waals surface area contributed by atoms with Crippen molar-refractivity contribution in [3.8, 4) is 0 Å². The van der Waals surface area contributed by atoms with Gasteiger partial charge < -0.3 is 4.74 Å². The smallest absolute Gasteiger partial charge is 0.160 e. The number of rotatable bonds is 5. The Morgan fingerprint density at radius 3 is 2.41 bits per heavy atom. The van der Waals surface area contributed by atoms with Crippen LogP contribution in [0.1, 0.15) is 53.9 Å². The maximum absolute atomic E-state index is 11.6. The molecule has 1 rings (SSSR count). The number of ketones is 1. The van der Waals surface area contributed by atoms with Crippen LogP contribution in [0.4, 0.5) is 0 Å². The topological polar surface area (TPSA) is 26.3 Å². The molecule has 0 aromatic rings. The van der Waals surface area contributed by atoms with Crippen molar-refractivity contribution in [1.29, 1.82) is 0 Å². The molecule has 0 aromatic heterocycles. The van der Waals surface area contributed by atoms with Gasteiger partial charge in [-0.2, -0.15) is 0 Å². The van der Waals surface area contributed by atoms with Gasteiger partial charge in [-0.15, -0.1) is 0 Å². The maximum atomic E-state index is 11.6. The summed E-state index contributed by atoms with van der Waals surface area (Å²) >= 11 is 0. The Morgan fingerprint density at radius 1 is 1.24 bits per heavy atom. The summed E-state index contributed by atoms with van der Waals surface area (Å²) in [6.07, 6.45) is 3.97. The summed E-state index contributed by atoms with van der Waals surface area (Å²) in [7, 11) is 0. The maximum Gasteiger partial charge on any atom is 0.160 e. The van der Waals surface area contributed by atoms with Crippen molar-refractivity contribution in [2.75, 3.05) is 6.61 Å². The van der Waals surface area contributed by atoms with Gasteiger partial charge in [0.1, 0.15) is 6.61 Å². The first-order valence-corrected chi connectivity index (χ1v) is 7.06. The van der Waals surface area contributed by atoms with Crippen molar-refractivity contribution in [3.05, 3.63) is 0 Å². The van der Waals surface area contributed by atoms with Gasteiger partial charge in [-0.05, 0) is 30.6 Å². The quantitative estimate of drug-likeness (QED) is 0.732. The minimum absolute atomic E-state index is 0.0912. The van der Waals surface area contributed by atoms with Gasteiger partial charge in [0.2, 0.25) is 0 Å². The average molecular weight is 240 g/mol. The first kappa shape index (κ1) is 14.7. The van der Waals surface area contributed by atoms with Crippen LogP contribution >= 0.6 is 0 Å². The van der Waals surface area contributed by atoms with Crippen LogP contribution in [0, 0.1) is 23.7 Å². The van der Waals surface area contributed by atoms with Gasteiger partial charge in [0.05, 0.1) is 6.10 Å². The summed E-state index contributed by atoms with van der Waals surface area (Å²) in [4.78, 5) is 11.6. The third-order valence-corrected chi connectivity index (χ3v) is 4.04. The molecule has 0 heterocycles. The van der Waals surface area contributed by atoms with E-state index < -0.39 is 0 Å². The van der Waals surface area contributed by atoms with E-state index in [1.165, 1.54) is 12.8 Å². The second kappa shape index (κ2) is 6.53. The van der Waals surface area contributed by atoms with Gasteiger partial charge in [0.25, 0.3) is 0 Å². The molecule has 0 amide bonds. The van der Waals surface area contributed by atoms with E-state index in [4.69, 9.17) is 4.74 Å². The van der Waals surface area contributed by atoms with Crippen LogP contribution in [-0.4, -0.2) is 18.5 Å². The second-order valence-corrected chi connectivity index (χ2v) is 6.30. The molecule has 0 bridgehead atoms. The number of ether oxygens (including phenoxy) is 1. The predicted octanol–water partition coefficient (Wildman–Crippen LogP) is 3.69. The average Bonchev–Trinajstić information content (AvgIpc) is 2.25. The highest BCUT2D eigenvalue weighted by molar-refractivity contribution is 5.81. The van der Waals surface area contributed by atoms with Crippen LogP contribution in [0.15, 0.2) is 0 Å². The number of hydrogen-bond donors (Lipinski definition) is 0. The fourth-order valence-electron chi connectivity index (χ4n) is 2.66. The minimum atomic E-state index is 0.0912. The monoisotopic (exact) mass is 240 g/mol. The Balaban J connectivity index is 2.49. The Morgan fingerprint density at radius 2 is 1.88 bits per heavy atom. The lowest BCUT2D eigenvalue weighted by Crippen LogP contribution is -2.36. The van der Waals surface area contributed by atoms with Gasteiger partial charge >= 0.3 is 0 Å². The Bertz CT molecular complexity index is 245. The molecule has 0 saturated heterocycles. The van der Waals surface area contributed by atoms with Crippen LogP contribution in [0.25, 0.3) is 0 Å². The summed E-state index contributed by atoms with van der Waals surface area (Å²) in [6.45, 7) is 11.0. The molecule has 1 saturated carbocycles. The minimum Gasteiger partial charge on any atom is -0.370 e. The fraction of sp³-hybridized carbons (Fsp3) is 0.933. The highest BCUT2D eigenvalue weighted by Crippen LogP contribution is 2.35. The zero-order valence-corrected chi connectivity index (χ0v) is 12.0. The van der Waals surface area contributed by atoms with E-state index in [0.29, 0.717) is 24.5 Å². The Hall–Kier alpha value is -0.370. The number of Topliss-reactive ketones (excluding diaryl/α,β-unsaturated/α-hetero) is 1. The molecular formula is C15H28O2. The molecule has 2 heteroatoms. The molecule has 0 aliphatic heterocycles. The van der Waals surface area contributed by atoms with Crippen LogP contribution in [0.3, 0.4) is 0 Å². The standard InChI is InChI=1S/C15H28O2/c1-10(2)13-7-6-12(5)8-15(13)17-9-14(16)11(3)4/h10-13,15H,6-9H2,1-5H3/t12-,13+,15+/m0/s1.